The third-order valence-corrected chi connectivity index (χ3v) is 4.92. The van der Waals surface area contributed by atoms with Crippen LogP contribution in [0.4, 0.5) is 4.79 Å². The van der Waals surface area contributed by atoms with E-state index in [0.717, 1.165) is 5.56 Å². The summed E-state index contributed by atoms with van der Waals surface area (Å²) in [7, 11) is 2.39. The normalized spacial score (nSPS) is 15.3. The minimum Gasteiger partial charge on any atom is -0.491 e. The minimum absolute atomic E-state index is 0.157. The molecule has 2 unspecified atom stereocenters. The Kier molecular flexibility index (Phi) is 11.5. The predicted molar refractivity (Wildman–Crippen MR) is 120 cm³/mol. The summed E-state index contributed by atoms with van der Waals surface area (Å²) >= 11 is 0. The summed E-state index contributed by atoms with van der Waals surface area (Å²) in [5.41, 5.74) is 0.529. The molecule has 32 heavy (non-hydrogen) atoms. The lowest BCUT2D eigenvalue weighted by Crippen LogP contribution is -2.34. The Hall–Kier alpha value is -2.66. The number of carbonyl (C=O) groups excluding carboxylic acids is 3. The highest BCUT2D eigenvalue weighted by molar-refractivity contribution is 7.19. The summed E-state index contributed by atoms with van der Waals surface area (Å²) in [5.74, 6) is 5.76. The summed E-state index contributed by atoms with van der Waals surface area (Å²) in [6.07, 6.45) is -0.268. The monoisotopic (exact) mass is 464 g/mol. The second kappa shape index (κ2) is 14.4. The number of likely N-dealkylation sites (tertiary alicyclic amines) is 1. The van der Waals surface area contributed by atoms with Gasteiger partial charge in [-0.05, 0) is 24.6 Å². The van der Waals surface area contributed by atoms with E-state index in [0.29, 0.717) is 38.8 Å². The van der Waals surface area contributed by atoms with Crippen LogP contribution in [0.15, 0.2) is 24.3 Å². The highest BCUT2D eigenvalue weighted by Crippen LogP contribution is 2.19. The maximum absolute atomic E-state index is 11.8. The molecule has 1 aromatic carbocycles. The van der Waals surface area contributed by atoms with Crippen molar-refractivity contribution in [3.8, 4) is 17.6 Å². The molecule has 1 N–H and O–H groups in total. The SMILES string of the molecule is CC#CCNC(=O)OCc1ccc(OCCOCCOCCN2C(=O)CC(P)C2=O)cc1. The second-order valence-corrected chi connectivity index (χ2v) is 7.57. The summed E-state index contributed by atoms with van der Waals surface area (Å²) in [4.78, 5) is 36.1. The Morgan fingerprint density at radius 1 is 1.12 bits per heavy atom. The molecule has 0 aliphatic carbocycles. The first-order valence-electron chi connectivity index (χ1n) is 10.3. The average molecular weight is 464 g/mol. The first-order chi connectivity index (χ1) is 15.5. The smallest absolute Gasteiger partial charge is 0.408 e. The summed E-state index contributed by atoms with van der Waals surface area (Å²) in [6, 6.07) is 7.22. The molecule has 3 amide bonds. The average Bonchev–Trinajstić information content (AvgIpc) is 3.03. The number of hydrogen-bond acceptors (Lipinski definition) is 7. The van der Waals surface area contributed by atoms with E-state index in [4.69, 9.17) is 18.9 Å². The lowest BCUT2D eigenvalue weighted by atomic mass is 10.2. The van der Waals surface area contributed by atoms with Crippen LogP contribution in [0.25, 0.3) is 0 Å². The molecule has 1 aliphatic heterocycles. The van der Waals surface area contributed by atoms with Gasteiger partial charge in [0.2, 0.25) is 11.8 Å². The molecule has 1 aliphatic rings. The molecule has 0 aromatic heterocycles. The van der Waals surface area contributed by atoms with Gasteiger partial charge >= 0.3 is 6.09 Å². The van der Waals surface area contributed by atoms with Crippen LogP contribution in [0.2, 0.25) is 0 Å². The van der Waals surface area contributed by atoms with Gasteiger partial charge in [-0.15, -0.1) is 15.2 Å². The quantitative estimate of drug-likeness (QED) is 0.203. The van der Waals surface area contributed by atoms with Crippen molar-refractivity contribution in [1.82, 2.24) is 10.2 Å². The van der Waals surface area contributed by atoms with E-state index in [1.807, 2.05) is 12.1 Å². The number of hydrogen-bond donors (Lipinski definition) is 1. The number of rotatable bonds is 13. The van der Waals surface area contributed by atoms with Gasteiger partial charge in [0.1, 0.15) is 19.0 Å². The molecule has 1 saturated heterocycles. The first-order valence-corrected chi connectivity index (χ1v) is 10.9. The minimum atomic E-state index is -0.513. The Bertz CT molecular complexity index is 820. The molecule has 0 spiro atoms. The van der Waals surface area contributed by atoms with E-state index < -0.39 is 6.09 Å². The molecule has 1 fully saturated rings. The van der Waals surface area contributed by atoms with Crippen LogP contribution in [0, 0.1) is 11.8 Å². The Morgan fingerprint density at radius 2 is 1.81 bits per heavy atom. The van der Waals surface area contributed by atoms with E-state index in [9.17, 15) is 14.4 Å². The van der Waals surface area contributed by atoms with Crippen molar-refractivity contribution >= 4 is 27.1 Å². The molecule has 0 bridgehead atoms. The van der Waals surface area contributed by atoms with Crippen LogP contribution in [-0.2, 0) is 30.4 Å². The number of nitrogens with one attached hydrogen (secondary N) is 1. The zero-order chi connectivity index (χ0) is 23.2. The first kappa shape index (κ1) is 25.6. The van der Waals surface area contributed by atoms with Crippen LogP contribution < -0.4 is 10.1 Å². The molecule has 9 nitrogen and oxygen atoms in total. The van der Waals surface area contributed by atoms with Gasteiger partial charge in [-0.1, -0.05) is 18.1 Å². The third kappa shape index (κ3) is 9.23. The fourth-order valence-electron chi connectivity index (χ4n) is 2.73. The zero-order valence-corrected chi connectivity index (χ0v) is 19.3. The van der Waals surface area contributed by atoms with Crippen LogP contribution in [0.5, 0.6) is 5.75 Å². The number of benzene rings is 1. The van der Waals surface area contributed by atoms with Gasteiger partial charge in [-0.3, -0.25) is 14.5 Å². The lowest BCUT2D eigenvalue weighted by Gasteiger charge is -2.14. The Balaban J connectivity index is 1.48. The van der Waals surface area contributed by atoms with Crippen molar-refractivity contribution in [3.63, 3.8) is 0 Å². The van der Waals surface area contributed by atoms with Crippen molar-refractivity contribution in [2.45, 2.75) is 25.6 Å². The highest BCUT2D eigenvalue weighted by Gasteiger charge is 2.35. The number of carbonyl (C=O) groups is 3. The number of imide groups is 1. The second-order valence-electron chi connectivity index (χ2n) is 6.77. The number of amides is 3. The van der Waals surface area contributed by atoms with Crippen molar-refractivity contribution in [3.05, 3.63) is 29.8 Å². The van der Waals surface area contributed by atoms with Crippen molar-refractivity contribution in [1.29, 1.82) is 0 Å². The van der Waals surface area contributed by atoms with E-state index >= 15 is 0 Å². The van der Waals surface area contributed by atoms with Gasteiger partial charge in [0, 0.05) is 6.42 Å². The topological polar surface area (TPSA) is 103 Å². The van der Waals surface area contributed by atoms with Crippen LogP contribution >= 0.6 is 9.24 Å². The number of ether oxygens (including phenoxy) is 4. The van der Waals surface area contributed by atoms with Gasteiger partial charge in [-0.2, -0.15) is 0 Å². The van der Waals surface area contributed by atoms with Gasteiger partial charge in [0.05, 0.1) is 45.2 Å². The predicted octanol–water partition coefficient (Wildman–Crippen LogP) is 1.35. The van der Waals surface area contributed by atoms with Gasteiger partial charge in [0.25, 0.3) is 0 Å². The van der Waals surface area contributed by atoms with Crippen molar-refractivity contribution in [2.75, 3.05) is 46.1 Å². The molecule has 174 valence electrons. The molecule has 0 saturated carbocycles. The van der Waals surface area contributed by atoms with E-state index in [-0.39, 0.29) is 43.6 Å². The maximum Gasteiger partial charge on any atom is 0.408 e. The molecular weight excluding hydrogens is 435 g/mol. The summed E-state index contributed by atoms with van der Waals surface area (Å²) in [6.45, 7) is 4.21. The standard InChI is InChI=1S/C22H29N2O7P/c1-2-3-8-23-22(27)31-16-17-4-6-18(7-5-17)30-14-13-29-12-11-28-10-9-24-20(25)15-19(32)21(24)26/h4-7,19H,8-16,32H2,1H3,(H,23,27). The van der Waals surface area contributed by atoms with Gasteiger partial charge < -0.3 is 24.3 Å². The molecule has 0 radical (unpaired) electrons. The zero-order valence-electron chi connectivity index (χ0n) is 18.1. The Labute approximate surface area is 190 Å². The summed E-state index contributed by atoms with van der Waals surface area (Å²) in [5, 5.41) is 2.53. The molecule has 2 atom stereocenters. The summed E-state index contributed by atoms with van der Waals surface area (Å²) < 4.78 is 21.5. The van der Waals surface area contributed by atoms with Crippen LogP contribution in [-0.4, -0.2) is 74.6 Å². The van der Waals surface area contributed by atoms with Gasteiger partial charge in [0.15, 0.2) is 0 Å². The van der Waals surface area contributed by atoms with E-state index in [1.54, 1.807) is 19.1 Å². The van der Waals surface area contributed by atoms with Crippen LogP contribution in [0.3, 0.4) is 0 Å². The van der Waals surface area contributed by atoms with Gasteiger partial charge in [-0.25, -0.2) is 4.79 Å². The highest BCUT2D eigenvalue weighted by atomic mass is 31.0. The molecular formula is C22H29N2O7P. The van der Waals surface area contributed by atoms with Crippen molar-refractivity contribution < 1.29 is 33.3 Å². The lowest BCUT2D eigenvalue weighted by molar-refractivity contribution is -0.139. The van der Waals surface area contributed by atoms with Crippen LogP contribution in [0.1, 0.15) is 18.9 Å². The van der Waals surface area contributed by atoms with E-state index in [2.05, 4.69) is 26.4 Å². The largest absolute Gasteiger partial charge is 0.491 e. The molecule has 1 heterocycles. The van der Waals surface area contributed by atoms with E-state index in [1.165, 1.54) is 4.90 Å². The number of nitrogens with zero attached hydrogens (tertiary/aromatic N) is 1. The molecule has 10 heteroatoms. The fraction of sp³-hybridized carbons (Fsp3) is 0.500. The molecule has 1 aromatic rings. The maximum atomic E-state index is 11.8. The third-order valence-electron chi connectivity index (χ3n) is 4.40. The molecule has 2 rings (SSSR count). The number of alkyl carbamates (subject to hydrolysis) is 1. The fourth-order valence-corrected chi connectivity index (χ4v) is 3.11. The Morgan fingerprint density at radius 3 is 2.47 bits per heavy atom. The van der Waals surface area contributed by atoms with Crippen molar-refractivity contribution in [2.24, 2.45) is 0 Å².